The van der Waals surface area contributed by atoms with Crippen LogP contribution in [0.2, 0.25) is 0 Å². The number of nitrogens with two attached hydrogens (primary N) is 1. The van der Waals surface area contributed by atoms with Crippen molar-refractivity contribution in [3.05, 3.63) is 0 Å². The predicted molar refractivity (Wildman–Crippen MR) is 40.0 cm³/mol. The molecule has 0 saturated heterocycles. The van der Waals surface area contributed by atoms with Crippen molar-refractivity contribution in [1.82, 2.24) is 0 Å². The Kier molecular flexibility index (Phi) is 3.40. The highest BCUT2D eigenvalue weighted by atomic mass is 35.5. The highest BCUT2D eigenvalue weighted by Crippen LogP contribution is 2.59. The van der Waals surface area contributed by atoms with Gasteiger partial charge in [-0.1, -0.05) is 0 Å². The molecule has 0 aromatic carbocycles. The van der Waals surface area contributed by atoms with Crippen LogP contribution < -0.4 is 5.73 Å². The molecule has 0 heterocycles. The number of aliphatic hydroxyl groups excluding tert-OH is 1. The van der Waals surface area contributed by atoms with E-state index in [4.69, 9.17) is 10.8 Å². The summed E-state index contributed by atoms with van der Waals surface area (Å²) < 4.78 is 36.4. The van der Waals surface area contributed by atoms with E-state index >= 15 is 0 Å². The Morgan fingerprint density at radius 3 is 1.92 bits per heavy atom. The summed E-state index contributed by atoms with van der Waals surface area (Å²) in [4.78, 5) is 0. The maximum Gasteiger partial charge on any atom is 0.397 e. The third-order valence-corrected chi connectivity index (χ3v) is 2.21. The Hall–Kier alpha value is -0.0000000000000000555. The SMILES string of the molecule is Cl.NCC(O)C1(C(F)(F)F)CC1. The summed E-state index contributed by atoms with van der Waals surface area (Å²) in [6.07, 6.45) is -5.71. The molecule has 0 aliphatic heterocycles. The first-order valence-corrected chi connectivity index (χ1v) is 3.39. The summed E-state index contributed by atoms with van der Waals surface area (Å²) in [5.41, 5.74) is 3.07. The molecule has 12 heavy (non-hydrogen) atoms. The van der Waals surface area contributed by atoms with Gasteiger partial charge in [-0.2, -0.15) is 13.2 Å². The van der Waals surface area contributed by atoms with Crippen molar-refractivity contribution in [3.63, 3.8) is 0 Å². The second kappa shape index (κ2) is 3.40. The third kappa shape index (κ3) is 1.67. The van der Waals surface area contributed by atoms with E-state index in [0.29, 0.717) is 0 Å². The van der Waals surface area contributed by atoms with Crippen molar-refractivity contribution in [2.75, 3.05) is 6.54 Å². The molecule has 6 heteroatoms. The average molecular weight is 206 g/mol. The van der Waals surface area contributed by atoms with Crippen molar-refractivity contribution >= 4 is 12.4 Å². The molecule has 0 aromatic heterocycles. The molecule has 0 bridgehead atoms. The zero-order valence-electron chi connectivity index (χ0n) is 6.27. The van der Waals surface area contributed by atoms with E-state index in [0.717, 1.165) is 0 Å². The van der Waals surface area contributed by atoms with Gasteiger partial charge in [0.2, 0.25) is 0 Å². The van der Waals surface area contributed by atoms with E-state index in [9.17, 15) is 13.2 Å². The molecule has 1 rings (SSSR count). The summed E-state index contributed by atoms with van der Waals surface area (Å²) in [5, 5.41) is 8.94. The van der Waals surface area contributed by atoms with Crippen molar-refractivity contribution < 1.29 is 18.3 Å². The van der Waals surface area contributed by atoms with Crippen LogP contribution in [0, 0.1) is 5.41 Å². The third-order valence-electron chi connectivity index (χ3n) is 2.21. The molecule has 3 N–H and O–H groups in total. The molecule has 1 unspecified atom stereocenters. The highest BCUT2D eigenvalue weighted by Gasteiger charge is 2.66. The molecule has 0 radical (unpaired) electrons. The van der Waals surface area contributed by atoms with Gasteiger partial charge in [-0.15, -0.1) is 12.4 Å². The number of aliphatic hydroxyl groups is 1. The van der Waals surface area contributed by atoms with Crippen molar-refractivity contribution in [3.8, 4) is 0 Å². The summed E-state index contributed by atoms with van der Waals surface area (Å²) in [7, 11) is 0. The minimum atomic E-state index is -4.30. The lowest BCUT2D eigenvalue weighted by Gasteiger charge is -2.23. The molecule has 74 valence electrons. The Morgan fingerprint density at radius 2 is 1.83 bits per heavy atom. The summed E-state index contributed by atoms with van der Waals surface area (Å²) >= 11 is 0. The molecule has 0 amide bonds. The van der Waals surface area contributed by atoms with Gasteiger partial charge in [0, 0.05) is 6.54 Å². The maximum absolute atomic E-state index is 12.1. The van der Waals surface area contributed by atoms with Gasteiger partial charge in [0.15, 0.2) is 0 Å². The molecule has 2 nitrogen and oxygen atoms in total. The predicted octanol–water partition coefficient (Wildman–Crippen LogP) is 1.07. The highest BCUT2D eigenvalue weighted by molar-refractivity contribution is 5.85. The fourth-order valence-electron chi connectivity index (χ4n) is 1.17. The summed E-state index contributed by atoms with van der Waals surface area (Å²) in [6.45, 7) is -0.320. The van der Waals surface area contributed by atoms with Gasteiger partial charge in [0.05, 0.1) is 11.5 Å². The molecular formula is C6H11ClF3NO. The smallest absolute Gasteiger partial charge is 0.391 e. The van der Waals surface area contributed by atoms with Gasteiger partial charge in [-0.25, -0.2) is 0 Å². The normalized spacial score (nSPS) is 22.8. The number of rotatable bonds is 2. The van der Waals surface area contributed by atoms with Gasteiger partial charge >= 0.3 is 6.18 Å². The molecule has 1 aliphatic carbocycles. The minimum absolute atomic E-state index is 0. The van der Waals surface area contributed by atoms with E-state index < -0.39 is 17.7 Å². The molecule has 0 aromatic rings. The van der Waals surface area contributed by atoms with Crippen LogP contribution in [-0.2, 0) is 0 Å². The summed E-state index contributed by atoms with van der Waals surface area (Å²) in [6, 6.07) is 0. The first-order valence-electron chi connectivity index (χ1n) is 3.39. The fourth-order valence-corrected chi connectivity index (χ4v) is 1.17. The topological polar surface area (TPSA) is 46.2 Å². The van der Waals surface area contributed by atoms with Crippen LogP contribution in [0.15, 0.2) is 0 Å². The van der Waals surface area contributed by atoms with E-state index in [-0.39, 0.29) is 31.8 Å². The zero-order chi connectivity index (χ0) is 8.70. The van der Waals surface area contributed by atoms with Crippen LogP contribution in [-0.4, -0.2) is 23.9 Å². The summed E-state index contributed by atoms with van der Waals surface area (Å²) in [5.74, 6) is 0. The van der Waals surface area contributed by atoms with Gasteiger partial charge in [-0.05, 0) is 12.8 Å². The molecule has 1 fully saturated rings. The molecule has 1 aliphatic rings. The van der Waals surface area contributed by atoms with E-state index in [1.54, 1.807) is 0 Å². The van der Waals surface area contributed by atoms with Crippen molar-refractivity contribution in [1.29, 1.82) is 0 Å². The number of halogens is 4. The number of alkyl halides is 3. The van der Waals surface area contributed by atoms with E-state index in [1.807, 2.05) is 0 Å². The fraction of sp³-hybridized carbons (Fsp3) is 1.00. The lowest BCUT2D eigenvalue weighted by atomic mass is 9.99. The maximum atomic E-state index is 12.1. The Morgan fingerprint density at radius 1 is 1.42 bits per heavy atom. The van der Waals surface area contributed by atoms with Gasteiger partial charge in [0.1, 0.15) is 0 Å². The molecule has 1 atom stereocenters. The lowest BCUT2D eigenvalue weighted by Crippen LogP contribution is -2.40. The quantitative estimate of drug-likeness (QED) is 0.709. The molecular weight excluding hydrogens is 195 g/mol. The Balaban J connectivity index is 0.00000121. The first kappa shape index (κ1) is 12.0. The first-order chi connectivity index (χ1) is 4.94. The van der Waals surface area contributed by atoms with E-state index in [2.05, 4.69) is 0 Å². The minimum Gasteiger partial charge on any atom is -0.391 e. The van der Waals surface area contributed by atoms with Crippen molar-refractivity contribution in [2.24, 2.45) is 11.1 Å². The van der Waals surface area contributed by atoms with Crippen LogP contribution in [0.25, 0.3) is 0 Å². The van der Waals surface area contributed by atoms with E-state index in [1.165, 1.54) is 0 Å². The standard InChI is InChI=1S/C6H10F3NO.ClH/c7-6(8,9)5(1-2-5)4(11)3-10;/h4,11H,1-3,10H2;1H. The Labute approximate surface area is 74.3 Å². The Bertz CT molecular complexity index is 157. The van der Waals surface area contributed by atoms with Crippen LogP contribution in [0.1, 0.15) is 12.8 Å². The van der Waals surface area contributed by atoms with Gasteiger partial charge in [-0.3, -0.25) is 0 Å². The lowest BCUT2D eigenvalue weighted by molar-refractivity contribution is -0.212. The van der Waals surface area contributed by atoms with Crippen LogP contribution in [0.5, 0.6) is 0 Å². The van der Waals surface area contributed by atoms with Crippen LogP contribution >= 0.6 is 12.4 Å². The second-order valence-corrected chi connectivity index (χ2v) is 2.91. The van der Waals surface area contributed by atoms with Gasteiger partial charge < -0.3 is 10.8 Å². The number of hydrogen-bond acceptors (Lipinski definition) is 2. The van der Waals surface area contributed by atoms with Gasteiger partial charge in [0.25, 0.3) is 0 Å². The molecule has 0 spiro atoms. The van der Waals surface area contributed by atoms with Crippen molar-refractivity contribution in [2.45, 2.75) is 25.1 Å². The monoisotopic (exact) mass is 205 g/mol. The average Bonchev–Trinajstić information content (AvgIpc) is 2.63. The largest absolute Gasteiger partial charge is 0.397 e. The molecule has 1 saturated carbocycles. The van der Waals surface area contributed by atoms with Crippen LogP contribution in [0.4, 0.5) is 13.2 Å². The second-order valence-electron chi connectivity index (χ2n) is 2.91. The zero-order valence-corrected chi connectivity index (χ0v) is 7.08. The number of hydrogen-bond donors (Lipinski definition) is 2. The van der Waals surface area contributed by atoms with Crippen LogP contribution in [0.3, 0.4) is 0 Å².